The van der Waals surface area contributed by atoms with Crippen LogP contribution in [0.2, 0.25) is 5.02 Å². The minimum absolute atomic E-state index is 0.310. The summed E-state index contributed by atoms with van der Waals surface area (Å²) in [4.78, 5) is 0. The summed E-state index contributed by atoms with van der Waals surface area (Å²) in [5, 5.41) is 9.57. The first-order valence-corrected chi connectivity index (χ1v) is 9.62. The second kappa shape index (κ2) is 8.56. The molecule has 3 rings (SSSR count). The average Bonchev–Trinajstić information content (AvgIpc) is 3.03. The van der Waals surface area contributed by atoms with Gasteiger partial charge >= 0.3 is 0 Å². The summed E-state index contributed by atoms with van der Waals surface area (Å²) >= 11 is 7.49. The molecule has 0 fully saturated rings. The van der Waals surface area contributed by atoms with E-state index >= 15 is 0 Å². The molecule has 3 aromatic rings. The van der Waals surface area contributed by atoms with Crippen molar-refractivity contribution in [3.63, 3.8) is 0 Å². The summed E-state index contributed by atoms with van der Waals surface area (Å²) in [7, 11) is 0. The maximum Gasteiger partial charge on any atom is 0.191 e. The van der Waals surface area contributed by atoms with Gasteiger partial charge in [0.15, 0.2) is 11.0 Å². The fourth-order valence-corrected chi connectivity index (χ4v) is 3.80. The van der Waals surface area contributed by atoms with Crippen LogP contribution in [0.3, 0.4) is 0 Å². The molecule has 2 aromatic carbocycles. The fraction of sp³-hybridized carbons (Fsp3) is 0.263. The van der Waals surface area contributed by atoms with Gasteiger partial charge in [0.25, 0.3) is 0 Å². The topological polar surface area (TPSA) is 39.9 Å². The van der Waals surface area contributed by atoms with E-state index in [-0.39, 0.29) is 5.82 Å². The summed E-state index contributed by atoms with van der Waals surface area (Å²) in [6.45, 7) is 5.07. The first-order chi connectivity index (χ1) is 12.6. The van der Waals surface area contributed by atoms with Crippen LogP contribution in [0.1, 0.15) is 23.9 Å². The molecule has 136 valence electrons. The number of aromatic nitrogens is 3. The number of aryl methyl sites for hydroxylation is 1. The summed E-state index contributed by atoms with van der Waals surface area (Å²) < 4.78 is 21.7. The van der Waals surface area contributed by atoms with Crippen LogP contribution in [0.25, 0.3) is 0 Å². The first-order valence-electron chi connectivity index (χ1n) is 8.25. The molecule has 0 bridgehead atoms. The van der Waals surface area contributed by atoms with Gasteiger partial charge in [-0.25, -0.2) is 4.39 Å². The van der Waals surface area contributed by atoms with Crippen molar-refractivity contribution in [2.45, 2.75) is 37.9 Å². The van der Waals surface area contributed by atoms with Gasteiger partial charge in [-0.3, -0.25) is 0 Å². The van der Waals surface area contributed by atoms with Crippen LogP contribution in [0.4, 0.5) is 4.39 Å². The van der Waals surface area contributed by atoms with E-state index in [9.17, 15) is 4.39 Å². The molecule has 0 radical (unpaired) electrons. The molecule has 0 aliphatic rings. The minimum Gasteiger partial charge on any atom is -0.486 e. The number of benzene rings is 2. The van der Waals surface area contributed by atoms with Crippen LogP contribution in [-0.4, -0.2) is 14.8 Å². The Morgan fingerprint density at radius 3 is 2.62 bits per heavy atom. The van der Waals surface area contributed by atoms with Crippen molar-refractivity contribution in [3.8, 4) is 5.75 Å². The van der Waals surface area contributed by atoms with Crippen LogP contribution in [0, 0.1) is 12.7 Å². The van der Waals surface area contributed by atoms with E-state index in [1.54, 1.807) is 12.1 Å². The Morgan fingerprint density at radius 2 is 1.92 bits per heavy atom. The molecule has 1 aromatic heterocycles. The lowest BCUT2D eigenvalue weighted by molar-refractivity contribution is 0.288. The maximum absolute atomic E-state index is 13.9. The molecule has 0 aliphatic heterocycles. The second-order valence-corrected chi connectivity index (χ2v) is 7.08. The molecule has 26 heavy (non-hydrogen) atoms. The minimum atomic E-state index is -0.310. The molecule has 0 saturated carbocycles. The zero-order chi connectivity index (χ0) is 18.5. The van der Waals surface area contributed by atoms with Gasteiger partial charge in [0, 0.05) is 22.9 Å². The molecule has 7 heteroatoms. The van der Waals surface area contributed by atoms with Crippen LogP contribution < -0.4 is 4.74 Å². The van der Waals surface area contributed by atoms with Gasteiger partial charge in [0.2, 0.25) is 0 Å². The molecule has 4 nitrogen and oxygen atoms in total. The van der Waals surface area contributed by atoms with E-state index in [0.717, 1.165) is 11.6 Å². The highest BCUT2D eigenvalue weighted by Crippen LogP contribution is 2.28. The largest absolute Gasteiger partial charge is 0.486 e. The summed E-state index contributed by atoms with van der Waals surface area (Å²) in [6.07, 6.45) is 0. The van der Waals surface area contributed by atoms with Crippen molar-refractivity contribution in [3.05, 3.63) is 70.3 Å². The number of thioether (sulfide) groups is 1. The van der Waals surface area contributed by atoms with Gasteiger partial charge < -0.3 is 9.30 Å². The lowest BCUT2D eigenvalue weighted by Gasteiger charge is -2.09. The first kappa shape index (κ1) is 18.7. The van der Waals surface area contributed by atoms with Crippen LogP contribution >= 0.6 is 23.4 Å². The third-order valence-corrected chi connectivity index (χ3v) is 5.25. The standard InChI is InChI=1S/C19H19ClFN3OS/c1-3-24-18(11-25-14-9-7-13(2)8-10-14)22-23-19(24)26-12-15-16(20)5-4-6-17(15)21/h4-10H,3,11-12H2,1-2H3. The van der Waals surface area contributed by atoms with Gasteiger partial charge in [-0.2, -0.15) is 0 Å². The normalized spacial score (nSPS) is 10.9. The van der Waals surface area contributed by atoms with Gasteiger partial charge in [0.05, 0.1) is 0 Å². The number of hydrogen-bond donors (Lipinski definition) is 0. The van der Waals surface area contributed by atoms with Crippen molar-refractivity contribution < 1.29 is 9.13 Å². The van der Waals surface area contributed by atoms with E-state index in [1.807, 2.05) is 42.7 Å². The highest BCUT2D eigenvalue weighted by Gasteiger charge is 2.14. The lowest BCUT2D eigenvalue weighted by atomic mass is 10.2. The third kappa shape index (κ3) is 4.37. The van der Waals surface area contributed by atoms with Crippen molar-refractivity contribution in [2.75, 3.05) is 0 Å². The number of halogens is 2. The Balaban J connectivity index is 1.68. The Labute approximate surface area is 161 Å². The highest BCUT2D eigenvalue weighted by atomic mass is 35.5. The number of rotatable bonds is 7. The Hall–Kier alpha value is -2.05. The van der Waals surface area contributed by atoms with Crippen molar-refractivity contribution in [2.24, 2.45) is 0 Å². The molecule has 0 amide bonds. The quantitative estimate of drug-likeness (QED) is 0.514. The van der Waals surface area contributed by atoms with Crippen LogP contribution in [-0.2, 0) is 18.9 Å². The number of nitrogens with zero attached hydrogens (tertiary/aromatic N) is 3. The summed E-state index contributed by atoms with van der Waals surface area (Å²) in [5.41, 5.74) is 1.65. The molecule has 0 unspecified atom stereocenters. The Bertz CT molecular complexity index is 863. The van der Waals surface area contributed by atoms with Gasteiger partial charge in [-0.05, 0) is 38.1 Å². The maximum atomic E-state index is 13.9. The Kier molecular flexibility index (Phi) is 6.16. The number of hydrogen-bond acceptors (Lipinski definition) is 4. The van der Waals surface area contributed by atoms with Crippen molar-refractivity contribution in [1.29, 1.82) is 0 Å². The average molecular weight is 392 g/mol. The Morgan fingerprint density at radius 1 is 1.15 bits per heavy atom. The van der Waals surface area contributed by atoms with Gasteiger partial charge in [-0.1, -0.05) is 47.1 Å². The zero-order valence-electron chi connectivity index (χ0n) is 14.6. The zero-order valence-corrected chi connectivity index (χ0v) is 16.1. The molecule has 0 spiro atoms. The van der Waals surface area contributed by atoms with Gasteiger partial charge in [0.1, 0.15) is 18.2 Å². The predicted molar refractivity (Wildman–Crippen MR) is 102 cm³/mol. The number of ether oxygens (including phenoxy) is 1. The lowest BCUT2D eigenvalue weighted by Crippen LogP contribution is -2.07. The van der Waals surface area contributed by atoms with Crippen LogP contribution in [0.15, 0.2) is 47.6 Å². The predicted octanol–water partition coefficient (Wildman–Crippen LogP) is 5.27. The monoisotopic (exact) mass is 391 g/mol. The molecule has 1 heterocycles. The smallest absolute Gasteiger partial charge is 0.191 e. The summed E-state index contributed by atoms with van der Waals surface area (Å²) in [6, 6.07) is 12.5. The fourth-order valence-electron chi connectivity index (χ4n) is 2.44. The van der Waals surface area contributed by atoms with E-state index in [1.165, 1.54) is 23.4 Å². The van der Waals surface area contributed by atoms with Crippen LogP contribution in [0.5, 0.6) is 5.75 Å². The highest BCUT2D eigenvalue weighted by molar-refractivity contribution is 7.98. The second-order valence-electron chi connectivity index (χ2n) is 5.73. The van der Waals surface area contributed by atoms with Crippen molar-refractivity contribution >= 4 is 23.4 Å². The van der Waals surface area contributed by atoms with E-state index in [2.05, 4.69) is 10.2 Å². The SMILES string of the molecule is CCn1c(COc2ccc(C)cc2)nnc1SCc1c(F)cccc1Cl. The van der Waals surface area contributed by atoms with E-state index in [4.69, 9.17) is 16.3 Å². The molecule has 0 saturated heterocycles. The molecular weight excluding hydrogens is 373 g/mol. The summed E-state index contributed by atoms with van der Waals surface area (Å²) in [5.74, 6) is 1.60. The molecule has 0 N–H and O–H groups in total. The van der Waals surface area contributed by atoms with E-state index < -0.39 is 0 Å². The van der Waals surface area contributed by atoms with Crippen molar-refractivity contribution in [1.82, 2.24) is 14.8 Å². The van der Waals surface area contributed by atoms with E-state index in [0.29, 0.717) is 34.6 Å². The molecule has 0 aliphatic carbocycles. The molecule has 0 atom stereocenters. The molecular formula is C19H19ClFN3OS. The van der Waals surface area contributed by atoms with Gasteiger partial charge in [-0.15, -0.1) is 10.2 Å². The third-order valence-electron chi connectivity index (χ3n) is 3.91.